The predicted octanol–water partition coefficient (Wildman–Crippen LogP) is 3.57. The van der Waals surface area contributed by atoms with Crippen LogP contribution in [0.4, 0.5) is 14.6 Å². The highest BCUT2D eigenvalue weighted by molar-refractivity contribution is 6.03. The number of carbonyl (C=O) groups is 1. The summed E-state index contributed by atoms with van der Waals surface area (Å²) in [6, 6.07) is 8.35. The summed E-state index contributed by atoms with van der Waals surface area (Å²) < 4.78 is 28.6. The minimum atomic E-state index is -1.10. The van der Waals surface area contributed by atoms with Crippen LogP contribution in [-0.2, 0) is 0 Å². The quantitative estimate of drug-likeness (QED) is 0.748. The van der Waals surface area contributed by atoms with Crippen molar-refractivity contribution in [1.29, 1.82) is 0 Å². The number of benzene rings is 1. The first-order valence-electron chi connectivity index (χ1n) is 7.68. The van der Waals surface area contributed by atoms with Gasteiger partial charge < -0.3 is 5.73 Å². The zero-order valence-electron chi connectivity index (χ0n) is 13.0. The summed E-state index contributed by atoms with van der Waals surface area (Å²) in [5.74, 6) is -1.17. The summed E-state index contributed by atoms with van der Waals surface area (Å²) in [7, 11) is 0. The molecule has 1 aliphatic carbocycles. The number of halogens is 2. The molecule has 2 atom stereocenters. The topological polar surface area (TPSA) is 60.4 Å². The van der Waals surface area contributed by atoms with E-state index in [9.17, 15) is 13.6 Å². The first-order chi connectivity index (χ1) is 11.5. The van der Waals surface area contributed by atoms with Crippen LogP contribution in [0.15, 0.2) is 36.5 Å². The zero-order valence-corrected chi connectivity index (χ0v) is 13.0. The number of anilines is 1. The largest absolute Gasteiger partial charge is 0.382 e. The molecule has 2 N–H and O–H groups in total. The van der Waals surface area contributed by atoms with Crippen molar-refractivity contribution in [2.24, 2.45) is 5.92 Å². The van der Waals surface area contributed by atoms with E-state index in [2.05, 4.69) is 4.98 Å². The van der Waals surface area contributed by atoms with Crippen LogP contribution < -0.4 is 5.73 Å². The van der Waals surface area contributed by atoms with Gasteiger partial charge in [0, 0.05) is 6.20 Å². The van der Waals surface area contributed by atoms with E-state index in [4.69, 9.17) is 5.73 Å². The molecule has 4 rings (SSSR count). The van der Waals surface area contributed by atoms with E-state index in [1.54, 1.807) is 41.8 Å². The number of hydrogen-bond acceptors (Lipinski definition) is 3. The number of imidazole rings is 1. The van der Waals surface area contributed by atoms with Gasteiger partial charge in [0.15, 0.2) is 11.6 Å². The summed E-state index contributed by atoms with van der Waals surface area (Å²) >= 11 is 0. The summed E-state index contributed by atoms with van der Waals surface area (Å²) in [5, 5.41) is 0. The maximum Gasteiger partial charge on any atom is 0.189 e. The van der Waals surface area contributed by atoms with Crippen LogP contribution in [0.5, 0.6) is 0 Å². The van der Waals surface area contributed by atoms with Crippen molar-refractivity contribution in [2.45, 2.75) is 19.5 Å². The lowest BCUT2D eigenvalue weighted by molar-refractivity contribution is 0.0952. The van der Waals surface area contributed by atoms with Crippen LogP contribution in [0.1, 0.15) is 22.5 Å². The number of nitrogen functional groups attached to an aromatic ring is 1. The van der Waals surface area contributed by atoms with Gasteiger partial charge in [-0.1, -0.05) is 12.1 Å². The summed E-state index contributed by atoms with van der Waals surface area (Å²) in [5.41, 5.74) is 8.55. The molecule has 0 bridgehead atoms. The maximum absolute atomic E-state index is 13.8. The smallest absolute Gasteiger partial charge is 0.189 e. The molecule has 0 aliphatic heterocycles. The molecule has 1 saturated carbocycles. The van der Waals surface area contributed by atoms with Gasteiger partial charge in [0.2, 0.25) is 0 Å². The second-order valence-corrected chi connectivity index (χ2v) is 6.13. The second-order valence-electron chi connectivity index (χ2n) is 6.13. The number of aromatic nitrogens is 2. The standard InChI is InChI=1S/C18H15F2N3O/c1-9-11(3-2-4-13(9)19)10-5-6-15-22-18(21)16(23(15)8-10)17(24)12-7-14(12)20/h2-6,8,12,14H,7,21H2,1H3/t12-,14+/m1/s1. The summed E-state index contributed by atoms with van der Waals surface area (Å²) in [6.45, 7) is 1.70. The van der Waals surface area contributed by atoms with Gasteiger partial charge in [-0.25, -0.2) is 13.8 Å². The van der Waals surface area contributed by atoms with E-state index in [-0.39, 0.29) is 29.5 Å². The van der Waals surface area contributed by atoms with Crippen LogP contribution in [0.3, 0.4) is 0 Å². The fourth-order valence-corrected chi connectivity index (χ4v) is 3.00. The van der Waals surface area contributed by atoms with Gasteiger partial charge in [0.1, 0.15) is 23.3 Å². The van der Waals surface area contributed by atoms with Crippen molar-refractivity contribution < 1.29 is 13.6 Å². The zero-order chi connectivity index (χ0) is 17.0. The van der Waals surface area contributed by atoms with E-state index < -0.39 is 12.1 Å². The molecular weight excluding hydrogens is 312 g/mol. The third-order valence-corrected chi connectivity index (χ3v) is 4.51. The number of ketones is 1. The molecule has 1 aliphatic rings. The third kappa shape index (κ3) is 2.18. The molecule has 3 aromatic rings. The first-order valence-corrected chi connectivity index (χ1v) is 7.68. The van der Waals surface area contributed by atoms with E-state index in [1.165, 1.54) is 6.07 Å². The number of carbonyl (C=O) groups excluding carboxylic acids is 1. The van der Waals surface area contributed by atoms with Crippen molar-refractivity contribution in [3.05, 3.63) is 53.6 Å². The minimum absolute atomic E-state index is 0.0900. The second kappa shape index (κ2) is 5.12. The van der Waals surface area contributed by atoms with Crippen molar-refractivity contribution >= 4 is 17.2 Å². The number of rotatable bonds is 3. The molecule has 0 unspecified atom stereocenters. The van der Waals surface area contributed by atoms with Crippen LogP contribution in [0, 0.1) is 18.7 Å². The number of fused-ring (bicyclic) bond motifs is 1. The summed E-state index contributed by atoms with van der Waals surface area (Å²) in [4.78, 5) is 16.6. The van der Waals surface area contributed by atoms with Gasteiger partial charge in [-0.15, -0.1) is 0 Å². The molecule has 1 fully saturated rings. The third-order valence-electron chi connectivity index (χ3n) is 4.51. The SMILES string of the molecule is Cc1c(F)cccc1-c1ccc2nc(N)c(C(=O)[C@@H]3C[C@@H]3F)n2c1. The lowest BCUT2D eigenvalue weighted by Gasteiger charge is -2.08. The molecule has 2 aromatic heterocycles. The molecule has 0 saturated heterocycles. The monoisotopic (exact) mass is 327 g/mol. The Morgan fingerprint density at radius 1 is 1.33 bits per heavy atom. The highest BCUT2D eigenvalue weighted by atomic mass is 19.1. The molecule has 0 radical (unpaired) electrons. The van der Waals surface area contributed by atoms with Crippen molar-refractivity contribution in [3.63, 3.8) is 0 Å². The van der Waals surface area contributed by atoms with Crippen LogP contribution in [-0.4, -0.2) is 21.3 Å². The molecular formula is C18H15F2N3O. The van der Waals surface area contributed by atoms with Gasteiger partial charge >= 0.3 is 0 Å². The average Bonchev–Trinajstić information content (AvgIpc) is 3.19. The number of Topliss-reactive ketones (excluding diaryl/α,β-unsaturated/α-hetero) is 1. The fourth-order valence-electron chi connectivity index (χ4n) is 3.00. The Morgan fingerprint density at radius 2 is 2.08 bits per heavy atom. The normalized spacial score (nSPS) is 19.6. The van der Waals surface area contributed by atoms with Gasteiger partial charge in [-0.3, -0.25) is 9.20 Å². The number of alkyl halides is 1. The van der Waals surface area contributed by atoms with Crippen LogP contribution in [0.25, 0.3) is 16.8 Å². The fraction of sp³-hybridized carbons (Fsp3) is 0.222. The molecule has 0 spiro atoms. The highest BCUT2D eigenvalue weighted by Crippen LogP contribution is 2.38. The van der Waals surface area contributed by atoms with Crippen molar-refractivity contribution in [2.75, 3.05) is 5.73 Å². The molecule has 0 amide bonds. The van der Waals surface area contributed by atoms with Gasteiger partial charge in [0.05, 0.1) is 5.92 Å². The molecule has 4 nitrogen and oxygen atoms in total. The van der Waals surface area contributed by atoms with E-state index in [0.717, 1.165) is 11.1 Å². The Balaban J connectivity index is 1.88. The average molecular weight is 327 g/mol. The molecule has 2 heterocycles. The minimum Gasteiger partial charge on any atom is -0.382 e. The lowest BCUT2D eigenvalue weighted by Crippen LogP contribution is -2.10. The predicted molar refractivity (Wildman–Crippen MR) is 87.1 cm³/mol. The Morgan fingerprint density at radius 3 is 2.79 bits per heavy atom. The van der Waals surface area contributed by atoms with Gasteiger partial charge in [-0.05, 0) is 48.2 Å². The van der Waals surface area contributed by atoms with Gasteiger partial charge in [0.25, 0.3) is 0 Å². The molecule has 6 heteroatoms. The van der Waals surface area contributed by atoms with Crippen LogP contribution >= 0.6 is 0 Å². The molecule has 24 heavy (non-hydrogen) atoms. The Kier molecular flexibility index (Phi) is 3.16. The summed E-state index contributed by atoms with van der Waals surface area (Å²) in [6.07, 6.45) is 0.827. The lowest BCUT2D eigenvalue weighted by atomic mass is 10.0. The maximum atomic E-state index is 13.8. The Labute approximate surface area is 136 Å². The van der Waals surface area contributed by atoms with Gasteiger partial charge in [-0.2, -0.15) is 0 Å². The van der Waals surface area contributed by atoms with Crippen LogP contribution in [0.2, 0.25) is 0 Å². The molecule has 122 valence electrons. The first kappa shape index (κ1) is 14.8. The van der Waals surface area contributed by atoms with E-state index in [1.807, 2.05) is 0 Å². The van der Waals surface area contributed by atoms with Crippen molar-refractivity contribution in [1.82, 2.24) is 9.38 Å². The molecule has 1 aromatic carbocycles. The van der Waals surface area contributed by atoms with E-state index in [0.29, 0.717) is 11.2 Å². The number of nitrogens with two attached hydrogens (primary N) is 1. The highest BCUT2D eigenvalue weighted by Gasteiger charge is 2.45. The number of pyridine rings is 1. The number of nitrogens with zero attached hydrogens (tertiary/aromatic N) is 2. The van der Waals surface area contributed by atoms with Crippen molar-refractivity contribution in [3.8, 4) is 11.1 Å². The van der Waals surface area contributed by atoms with E-state index >= 15 is 0 Å². The Bertz CT molecular complexity index is 980. The Hall–Kier alpha value is -2.76. The number of hydrogen-bond donors (Lipinski definition) is 1.